The minimum atomic E-state index is 0.306. The molecule has 3 N–H and O–H groups in total. The van der Waals surface area contributed by atoms with Crippen molar-refractivity contribution in [3.63, 3.8) is 0 Å². The van der Waals surface area contributed by atoms with Crippen LogP contribution in [0.25, 0.3) is 0 Å². The van der Waals surface area contributed by atoms with Crippen LogP contribution in [0.1, 0.15) is 163 Å². The zero-order valence-corrected chi connectivity index (χ0v) is 35.2. The van der Waals surface area contributed by atoms with Gasteiger partial charge in [0.15, 0.2) is 0 Å². The molecule has 0 aromatic carbocycles. The summed E-state index contributed by atoms with van der Waals surface area (Å²) in [6.45, 7) is 44.0. The van der Waals surface area contributed by atoms with Gasteiger partial charge in [-0.05, 0) is 82.0 Å². The molecule has 2 saturated heterocycles. The highest BCUT2D eigenvalue weighted by atomic mass is 16.3. The lowest BCUT2D eigenvalue weighted by Crippen LogP contribution is -2.12. The molecule has 0 amide bonds. The Labute approximate surface area is 284 Å². The molecule has 2 rings (SSSR count). The van der Waals surface area contributed by atoms with E-state index in [4.69, 9.17) is 15.3 Å². The highest BCUT2D eigenvalue weighted by Gasteiger charge is 2.13. The van der Waals surface area contributed by atoms with Crippen molar-refractivity contribution >= 4 is 0 Å². The standard InChI is InChI=1S/2C6H13N.C6H14.C5H12O.C5H12.C4H10O.3C2H6.CH4O/c2*1-6-3-4-7(2)5-6;1-4-5-6(2)3;1-5(2)3-4-6;1-4-5(2)3;1-4(2)3-5;4*1-2/h2*6H,3-5H2,1-2H3;6H,4-5H2,1-3H3;5-6H,3-4H2,1-2H3;5H,4H2,1-3H3;4-5H,3H2,1-2H3;3*1-2H3;2H,1H3. The van der Waals surface area contributed by atoms with Gasteiger partial charge in [-0.2, -0.15) is 0 Å². The molecule has 0 aromatic rings. The normalized spacial score (nSPS) is 16.4. The van der Waals surface area contributed by atoms with Gasteiger partial charge < -0.3 is 25.1 Å². The number of aliphatic hydroxyl groups excluding tert-OH is 3. The van der Waals surface area contributed by atoms with Gasteiger partial charge in [0.25, 0.3) is 0 Å². The Bertz CT molecular complexity index is 340. The Balaban J connectivity index is -0.0000000565. The summed E-state index contributed by atoms with van der Waals surface area (Å²) in [4.78, 5) is 4.76. The van der Waals surface area contributed by atoms with Crippen molar-refractivity contribution in [2.24, 2.45) is 35.5 Å². The first-order valence-corrected chi connectivity index (χ1v) is 18.7. The van der Waals surface area contributed by atoms with E-state index in [9.17, 15) is 0 Å². The topological polar surface area (TPSA) is 67.2 Å². The van der Waals surface area contributed by atoms with E-state index in [1.807, 2.05) is 55.4 Å². The molecule has 5 heteroatoms. The molecule has 0 spiro atoms. The first-order valence-electron chi connectivity index (χ1n) is 18.7. The van der Waals surface area contributed by atoms with Gasteiger partial charge in [0.05, 0.1) is 0 Å². The average molecular weight is 641 g/mol. The van der Waals surface area contributed by atoms with E-state index in [-0.39, 0.29) is 0 Å². The lowest BCUT2D eigenvalue weighted by atomic mass is 10.1. The van der Waals surface area contributed by atoms with E-state index < -0.39 is 0 Å². The van der Waals surface area contributed by atoms with E-state index >= 15 is 0 Å². The molecular weight excluding hydrogens is 544 g/mol. The highest BCUT2D eigenvalue weighted by molar-refractivity contribution is 4.68. The van der Waals surface area contributed by atoms with Crippen LogP contribution in [-0.4, -0.2) is 85.7 Å². The molecule has 44 heavy (non-hydrogen) atoms. The fraction of sp³-hybridized carbons (Fsp3) is 1.00. The van der Waals surface area contributed by atoms with Crippen LogP contribution in [-0.2, 0) is 0 Å². The van der Waals surface area contributed by atoms with Gasteiger partial charge in [-0.3, -0.25) is 0 Å². The first kappa shape index (κ1) is 62.6. The van der Waals surface area contributed by atoms with E-state index in [0.717, 1.165) is 37.2 Å². The summed E-state index contributed by atoms with van der Waals surface area (Å²) < 4.78 is 0. The molecule has 5 nitrogen and oxygen atoms in total. The fourth-order valence-corrected chi connectivity index (χ4v) is 3.15. The second-order valence-electron chi connectivity index (χ2n) is 12.8. The Morgan fingerprint density at radius 1 is 0.568 bits per heavy atom. The Hall–Kier alpha value is -0.200. The molecule has 0 saturated carbocycles. The molecular formula is C39H96N2O3. The summed E-state index contributed by atoms with van der Waals surface area (Å²) in [5.41, 5.74) is 0. The van der Waals surface area contributed by atoms with Gasteiger partial charge in [-0.1, -0.05) is 144 Å². The third-order valence-corrected chi connectivity index (χ3v) is 6.01. The highest BCUT2D eigenvalue weighted by Crippen LogP contribution is 2.12. The van der Waals surface area contributed by atoms with Crippen LogP contribution in [0, 0.1) is 35.5 Å². The molecule has 0 bridgehead atoms. The molecule has 2 aliphatic rings. The van der Waals surface area contributed by atoms with Gasteiger partial charge in [-0.15, -0.1) is 0 Å². The van der Waals surface area contributed by atoms with Crippen LogP contribution in [0.5, 0.6) is 0 Å². The summed E-state index contributed by atoms with van der Waals surface area (Å²) in [6, 6.07) is 0. The van der Waals surface area contributed by atoms with Crippen LogP contribution in [0.15, 0.2) is 0 Å². The van der Waals surface area contributed by atoms with E-state index in [2.05, 4.69) is 93.1 Å². The molecule has 2 atom stereocenters. The third kappa shape index (κ3) is 90.0. The molecule has 0 aromatic heterocycles. The van der Waals surface area contributed by atoms with E-state index in [1.165, 1.54) is 58.3 Å². The predicted molar refractivity (Wildman–Crippen MR) is 208 cm³/mol. The summed E-state index contributed by atoms with van der Waals surface area (Å²) >= 11 is 0. The monoisotopic (exact) mass is 641 g/mol. The SMILES string of the molecule is CC.CC.CC.CC(C)CCO.CC(C)CO.CC1CCN(C)C1.CC1CCN(C)C1.CCC(C)C.CCCC(C)C.CO. The maximum absolute atomic E-state index is 8.24. The first-order chi connectivity index (χ1) is 20.7. The van der Waals surface area contributed by atoms with Crippen LogP contribution in [0.3, 0.4) is 0 Å². The summed E-state index contributed by atoms with van der Waals surface area (Å²) in [5, 5.41) is 23.4. The molecule has 280 valence electrons. The van der Waals surface area contributed by atoms with Gasteiger partial charge in [0, 0.05) is 33.4 Å². The van der Waals surface area contributed by atoms with Crippen LogP contribution in [0.2, 0.25) is 0 Å². The minimum absolute atomic E-state index is 0.306. The number of rotatable bonds is 6. The van der Waals surface area contributed by atoms with Crippen molar-refractivity contribution in [1.82, 2.24) is 9.80 Å². The largest absolute Gasteiger partial charge is 0.400 e. The maximum atomic E-state index is 8.24. The molecule has 2 unspecified atom stereocenters. The number of hydrogen-bond acceptors (Lipinski definition) is 5. The van der Waals surface area contributed by atoms with Crippen molar-refractivity contribution in [2.45, 2.75) is 163 Å². The lowest BCUT2D eigenvalue weighted by Gasteiger charge is -2.03. The van der Waals surface area contributed by atoms with E-state index in [0.29, 0.717) is 25.0 Å². The van der Waals surface area contributed by atoms with Crippen molar-refractivity contribution in [3.8, 4) is 0 Å². The zero-order valence-electron chi connectivity index (χ0n) is 35.2. The Kier molecular flexibility index (Phi) is 83.0. The lowest BCUT2D eigenvalue weighted by molar-refractivity contribution is 0.248. The summed E-state index contributed by atoms with van der Waals surface area (Å²) in [5.74, 6) is 4.77. The molecule has 2 aliphatic heterocycles. The third-order valence-electron chi connectivity index (χ3n) is 6.01. The predicted octanol–water partition coefficient (Wildman–Crippen LogP) is 10.8. The Morgan fingerprint density at radius 3 is 0.864 bits per heavy atom. The minimum Gasteiger partial charge on any atom is -0.400 e. The van der Waals surface area contributed by atoms with Gasteiger partial charge in [-0.25, -0.2) is 0 Å². The van der Waals surface area contributed by atoms with Gasteiger partial charge in [0.1, 0.15) is 0 Å². The smallest absolute Gasteiger partial charge is 0.0453 e. The number of aliphatic hydroxyl groups is 3. The number of nitrogens with zero attached hydrogens (tertiary/aromatic N) is 2. The second kappa shape index (κ2) is 58.3. The fourth-order valence-electron chi connectivity index (χ4n) is 3.15. The zero-order chi connectivity index (χ0) is 37.1. The Morgan fingerprint density at radius 2 is 0.841 bits per heavy atom. The number of hydrogen-bond donors (Lipinski definition) is 3. The molecule has 2 fully saturated rings. The van der Waals surface area contributed by atoms with E-state index in [1.54, 1.807) is 0 Å². The van der Waals surface area contributed by atoms with Crippen LogP contribution >= 0.6 is 0 Å². The molecule has 0 radical (unpaired) electrons. The van der Waals surface area contributed by atoms with Crippen molar-refractivity contribution in [2.75, 3.05) is 60.6 Å². The molecule has 0 aliphatic carbocycles. The summed E-state index contributed by atoms with van der Waals surface area (Å²) in [6.07, 6.45) is 7.74. The van der Waals surface area contributed by atoms with Crippen LogP contribution in [0.4, 0.5) is 0 Å². The van der Waals surface area contributed by atoms with Crippen LogP contribution < -0.4 is 0 Å². The van der Waals surface area contributed by atoms with Gasteiger partial charge >= 0.3 is 0 Å². The summed E-state index contributed by atoms with van der Waals surface area (Å²) in [7, 11) is 5.37. The number of likely N-dealkylation sites (tertiary alicyclic amines) is 2. The van der Waals surface area contributed by atoms with Crippen molar-refractivity contribution < 1.29 is 15.3 Å². The second-order valence-corrected chi connectivity index (χ2v) is 12.8. The van der Waals surface area contributed by atoms with Crippen molar-refractivity contribution in [3.05, 3.63) is 0 Å². The van der Waals surface area contributed by atoms with Crippen molar-refractivity contribution in [1.29, 1.82) is 0 Å². The van der Waals surface area contributed by atoms with Gasteiger partial charge in [0.2, 0.25) is 0 Å². The molecule has 2 heterocycles. The maximum Gasteiger partial charge on any atom is 0.0453 e. The quantitative estimate of drug-likeness (QED) is 0.269. The average Bonchev–Trinajstić information content (AvgIpc) is 3.58.